The van der Waals surface area contributed by atoms with Crippen LogP contribution >= 0.6 is 0 Å². The van der Waals surface area contributed by atoms with Gasteiger partial charge in [-0.05, 0) is 30.9 Å². The highest BCUT2D eigenvalue weighted by Gasteiger charge is 2.43. The summed E-state index contributed by atoms with van der Waals surface area (Å²) in [7, 11) is 1.82. The van der Waals surface area contributed by atoms with Gasteiger partial charge in [0.25, 0.3) is 5.91 Å². The maximum Gasteiger partial charge on any atom is 0.274 e. The molecule has 4 heterocycles. The molecule has 2 aliphatic heterocycles. The number of aryl methyl sites for hydroxylation is 1. The van der Waals surface area contributed by atoms with Gasteiger partial charge in [0.05, 0.1) is 12.3 Å². The molecule has 1 saturated heterocycles. The van der Waals surface area contributed by atoms with Crippen molar-refractivity contribution in [3.63, 3.8) is 0 Å². The van der Waals surface area contributed by atoms with Crippen molar-refractivity contribution in [1.82, 2.24) is 24.6 Å². The van der Waals surface area contributed by atoms with Crippen molar-refractivity contribution in [2.45, 2.75) is 44.6 Å². The Kier molecular flexibility index (Phi) is 4.26. The molecule has 2 aromatic heterocycles. The highest BCUT2D eigenvalue weighted by atomic mass is 16.5. The van der Waals surface area contributed by atoms with Crippen LogP contribution in [-0.2, 0) is 23.8 Å². The average Bonchev–Trinajstić information content (AvgIpc) is 3.08. The lowest BCUT2D eigenvalue weighted by Gasteiger charge is -2.44. The Labute approximate surface area is 153 Å². The Morgan fingerprint density at radius 3 is 2.73 bits per heavy atom. The van der Waals surface area contributed by atoms with E-state index in [1.165, 1.54) is 5.56 Å². The number of rotatable bonds is 2. The number of amides is 1. The van der Waals surface area contributed by atoms with Gasteiger partial charge >= 0.3 is 0 Å². The number of fused-ring (bicyclic) bond motifs is 2. The van der Waals surface area contributed by atoms with Gasteiger partial charge in [-0.15, -0.1) is 0 Å². The Bertz CT molecular complexity index is 821. The van der Waals surface area contributed by atoms with Crippen LogP contribution in [0.4, 0.5) is 0 Å². The second-order valence-electron chi connectivity index (χ2n) is 7.52. The molecule has 1 spiro atoms. The van der Waals surface area contributed by atoms with Gasteiger partial charge in [0.15, 0.2) is 0 Å². The van der Waals surface area contributed by atoms with Gasteiger partial charge in [-0.25, -0.2) is 9.97 Å². The number of ether oxygens (including phenoxy) is 1. The van der Waals surface area contributed by atoms with Crippen LogP contribution in [-0.4, -0.2) is 50.3 Å². The van der Waals surface area contributed by atoms with Gasteiger partial charge in [-0.3, -0.25) is 9.48 Å². The fourth-order valence-electron chi connectivity index (χ4n) is 3.84. The van der Waals surface area contributed by atoms with Crippen molar-refractivity contribution in [3.05, 3.63) is 41.2 Å². The van der Waals surface area contributed by atoms with Crippen molar-refractivity contribution in [2.24, 2.45) is 7.05 Å². The van der Waals surface area contributed by atoms with Gasteiger partial charge in [-0.1, -0.05) is 13.8 Å². The minimum atomic E-state index is -0.388. The van der Waals surface area contributed by atoms with Crippen LogP contribution in [0.3, 0.4) is 0 Å². The first-order valence-corrected chi connectivity index (χ1v) is 9.28. The normalized spacial score (nSPS) is 19.0. The second-order valence-corrected chi connectivity index (χ2v) is 7.52. The SMILES string of the molecule is CC(C)c1ncc2c(n1)C1(CCN(C(=O)c3ccn(C)n3)CC1)OCC2. The van der Waals surface area contributed by atoms with Crippen LogP contribution in [0.1, 0.15) is 60.2 Å². The quantitative estimate of drug-likeness (QED) is 0.824. The number of piperidine rings is 1. The van der Waals surface area contributed by atoms with E-state index < -0.39 is 0 Å². The maximum atomic E-state index is 12.7. The van der Waals surface area contributed by atoms with E-state index >= 15 is 0 Å². The predicted octanol–water partition coefficient (Wildman–Crippen LogP) is 2.04. The summed E-state index contributed by atoms with van der Waals surface area (Å²) >= 11 is 0. The third-order valence-electron chi connectivity index (χ3n) is 5.37. The molecule has 2 aromatic rings. The van der Waals surface area contributed by atoms with Crippen LogP contribution in [0.2, 0.25) is 0 Å². The van der Waals surface area contributed by atoms with Crippen molar-refractivity contribution in [2.75, 3.05) is 19.7 Å². The molecule has 0 saturated carbocycles. The number of carbonyl (C=O) groups is 1. The summed E-state index contributed by atoms with van der Waals surface area (Å²) in [4.78, 5) is 23.9. The lowest BCUT2D eigenvalue weighted by molar-refractivity contribution is -0.0969. The summed E-state index contributed by atoms with van der Waals surface area (Å²) < 4.78 is 7.91. The molecule has 0 bridgehead atoms. The highest BCUT2D eigenvalue weighted by Crippen LogP contribution is 2.40. The van der Waals surface area contributed by atoms with Crippen LogP contribution in [0.25, 0.3) is 0 Å². The third kappa shape index (κ3) is 2.90. The van der Waals surface area contributed by atoms with E-state index in [-0.39, 0.29) is 17.4 Å². The molecule has 7 nitrogen and oxygen atoms in total. The maximum absolute atomic E-state index is 12.7. The lowest BCUT2D eigenvalue weighted by Crippen LogP contribution is -2.49. The fourth-order valence-corrected chi connectivity index (χ4v) is 3.84. The van der Waals surface area contributed by atoms with Crippen LogP contribution < -0.4 is 0 Å². The summed E-state index contributed by atoms with van der Waals surface area (Å²) in [6.07, 6.45) is 6.13. The number of aromatic nitrogens is 4. The molecular formula is C19H25N5O2. The average molecular weight is 355 g/mol. The van der Waals surface area contributed by atoms with Crippen molar-refractivity contribution < 1.29 is 9.53 Å². The zero-order valence-electron chi connectivity index (χ0n) is 15.6. The Morgan fingerprint density at radius 1 is 1.31 bits per heavy atom. The summed E-state index contributed by atoms with van der Waals surface area (Å²) in [5.74, 6) is 1.13. The summed E-state index contributed by atoms with van der Waals surface area (Å²) in [6, 6.07) is 1.77. The van der Waals surface area contributed by atoms with E-state index in [1.807, 2.05) is 18.1 Å². The molecular weight excluding hydrogens is 330 g/mol. The fraction of sp³-hybridized carbons (Fsp3) is 0.579. The second kappa shape index (κ2) is 6.46. The predicted molar refractivity (Wildman–Crippen MR) is 95.8 cm³/mol. The first-order chi connectivity index (χ1) is 12.5. The molecule has 0 atom stereocenters. The zero-order valence-corrected chi connectivity index (χ0v) is 15.6. The van der Waals surface area contributed by atoms with Crippen molar-refractivity contribution in [1.29, 1.82) is 0 Å². The van der Waals surface area contributed by atoms with E-state index in [0.29, 0.717) is 25.4 Å². The number of hydrogen-bond donors (Lipinski definition) is 0. The Morgan fingerprint density at radius 2 is 2.08 bits per heavy atom. The number of hydrogen-bond acceptors (Lipinski definition) is 5. The monoisotopic (exact) mass is 355 g/mol. The van der Waals surface area contributed by atoms with E-state index in [1.54, 1.807) is 16.9 Å². The minimum absolute atomic E-state index is 0.0120. The Hall–Kier alpha value is -2.28. The van der Waals surface area contributed by atoms with Gasteiger partial charge in [-0.2, -0.15) is 5.10 Å². The molecule has 7 heteroatoms. The zero-order chi connectivity index (χ0) is 18.3. The summed E-state index contributed by atoms with van der Waals surface area (Å²) in [5, 5.41) is 4.23. The number of likely N-dealkylation sites (tertiary alicyclic amines) is 1. The molecule has 1 amide bonds. The molecule has 138 valence electrons. The third-order valence-corrected chi connectivity index (χ3v) is 5.37. The molecule has 0 radical (unpaired) electrons. The van der Waals surface area contributed by atoms with Crippen molar-refractivity contribution in [3.8, 4) is 0 Å². The van der Waals surface area contributed by atoms with E-state index in [4.69, 9.17) is 9.72 Å². The molecule has 0 unspecified atom stereocenters. The van der Waals surface area contributed by atoms with Gasteiger partial charge in [0.1, 0.15) is 17.1 Å². The van der Waals surface area contributed by atoms with Gasteiger partial charge in [0.2, 0.25) is 0 Å². The van der Waals surface area contributed by atoms with E-state index in [0.717, 1.165) is 30.8 Å². The first kappa shape index (κ1) is 17.1. The van der Waals surface area contributed by atoms with E-state index in [2.05, 4.69) is 23.9 Å². The largest absolute Gasteiger partial charge is 0.368 e. The van der Waals surface area contributed by atoms with Crippen LogP contribution in [0.15, 0.2) is 18.5 Å². The molecule has 1 fully saturated rings. The Balaban J connectivity index is 1.56. The summed E-state index contributed by atoms with van der Waals surface area (Å²) in [6.45, 7) is 6.19. The summed E-state index contributed by atoms with van der Waals surface area (Å²) in [5.41, 5.74) is 2.33. The van der Waals surface area contributed by atoms with Crippen molar-refractivity contribution >= 4 is 5.91 Å². The highest BCUT2D eigenvalue weighted by molar-refractivity contribution is 5.92. The molecule has 0 aromatic carbocycles. The number of nitrogens with zero attached hydrogens (tertiary/aromatic N) is 5. The smallest absolute Gasteiger partial charge is 0.274 e. The van der Waals surface area contributed by atoms with Gasteiger partial charge in [0, 0.05) is 38.4 Å². The molecule has 26 heavy (non-hydrogen) atoms. The standard InChI is InChI=1S/C19H25N5O2/c1-13(2)17-20-12-14-5-11-26-19(16(14)21-17)6-9-24(10-7-19)18(25)15-4-8-23(3)22-15/h4,8,12-13H,5-7,9-11H2,1-3H3. The topological polar surface area (TPSA) is 73.1 Å². The molecule has 0 aliphatic carbocycles. The van der Waals surface area contributed by atoms with Gasteiger partial charge < -0.3 is 9.64 Å². The van der Waals surface area contributed by atoms with E-state index in [9.17, 15) is 4.79 Å². The van der Waals surface area contributed by atoms with Crippen LogP contribution in [0, 0.1) is 0 Å². The first-order valence-electron chi connectivity index (χ1n) is 9.28. The molecule has 2 aliphatic rings. The molecule has 4 rings (SSSR count). The van der Waals surface area contributed by atoms with Crippen LogP contribution in [0.5, 0.6) is 0 Å². The lowest BCUT2D eigenvalue weighted by atomic mass is 9.83. The molecule has 0 N–H and O–H groups in total. The minimum Gasteiger partial charge on any atom is -0.368 e. The number of carbonyl (C=O) groups excluding carboxylic acids is 1.